The van der Waals surface area contributed by atoms with Crippen LogP contribution in [0.15, 0.2) is 24.5 Å². The lowest BCUT2D eigenvalue weighted by Crippen LogP contribution is -2.04. The molecule has 106 valence electrons. The van der Waals surface area contributed by atoms with Gasteiger partial charge in [-0.2, -0.15) is 0 Å². The summed E-state index contributed by atoms with van der Waals surface area (Å²) in [6, 6.07) is 4.77. The number of halogens is 1. The fourth-order valence-corrected chi connectivity index (χ4v) is 1.93. The van der Waals surface area contributed by atoms with Crippen molar-refractivity contribution in [2.24, 2.45) is 0 Å². The first-order valence-corrected chi connectivity index (χ1v) is 6.49. The van der Waals surface area contributed by atoms with E-state index in [1.165, 1.54) is 12.4 Å². The van der Waals surface area contributed by atoms with Gasteiger partial charge >= 0.3 is 0 Å². The van der Waals surface area contributed by atoms with E-state index in [1.807, 2.05) is 13.8 Å². The number of hydrogen-bond acceptors (Lipinski definition) is 4. The summed E-state index contributed by atoms with van der Waals surface area (Å²) in [5.74, 6) is 1.48. The van der Waals surface area contributed by atoms with Crippen LogP contribution in [-0.2, 0) is 0 Å². The van der Waals surface area contributed by atoms with Crippen LogP contribution in [0.1, 0.15) is 30.9 Å². The second-order valence-corrected chi connectivity index (χ2v) is 4.86. The molecule has 4 nitrogen and oxygen atoms in total. The highest BCUT2D eigenvalue weighted by Gasteiger charge is 2.16. The molecule has 1 aromatic heterocycles. The van der Waals surface area contributed by atoms with Gasteiger partial charge in [0, 0.05) is 13.1 Å². The van der Waals surface area contributed by atoms with E-state index in [0.717, 1.165) is 11.4 Å². The number of rotatable bonds is 4. The second-order valence-electron chi connectivity index (χ2n) is 4.86. The topological polar surface area (TPSA) is 47.0 Å². The summed E-state index contributed by atoms with van der Waals surface area (Å²) in [6.07, 6.45) is 1.43. The van der Waals surface area contributed by atoms with Crippen molar-refractivity contribution in [1.29, 1.82) is 0 Å². The van der Waals surface area contributed by atoms with Crippen LogP contribution in [0.25, 0.3) is 0 Å². The maximum Gasteiger partial charge on any atom is 0.227 e. The third kappa shape index (κ3) is 2.87. The van der Waals surface area contributed by atoms with Crippen LogP contribution >= 0.6 is 0 Å². The van der Waals surface area contributed by atoms with E-state index in [4.69, 9.17) is 4.74 Å². The van der Waals surface area contributed by atoms with Crippen LogP contribution in [0.2, 0.25) is 0 Å². The zero-order chi connectivity index (χ0) is 14.7. The molecule has 2 aromatic rings. The molecule has 0 amide bonds. The van der Waals surface area contributed by atoms with Crippen LogP contribution in [0.3, 0.4) is 0 Å². The maximum absolute atomic E-state index is 13.6. The van der Waals surface area contributed by atoms with Crippen LogP contribution in [0.5, 0.6) is 11.6 Å². The van der Waals surface area contributed by atoms with E-state index in [9.17, 15) is 4.39 Å². The summed E-state index contributed by atoms with van der Waals surface area (Å²) in [6.45, 7) is 5.77. The van der Waals surface area contributed by atoms with Crippen LogP contribution in [0.4, 0.5) is 10.2 Å². The normalized spacial score (nSPS) is 10.7. The van der Waals surface area contributed by atoms with Crippen molar-refractivity contribution in [3.8, 4) is 11.6 Å². The number of aromatic nitrogens is 2. The minimum absolute atomic E-state index is 0.184. The summed E-state index contributed by atoms with van der Waals surface area (Å²) in [7, 11) is 1.80. The highest BCUT2D eigenvalue weighted by molar-refractivity contribution is 5.51. The van der Waals surface area contributed by atoms with Gasteiger partial charge in [-0.05, 0) is 24.5 Å². The van der Waals surface area contributed by atoms with Gasteiger partial charge in [0.05, 0.1) is 5.56 Å². The van der Waals surface area contributed by atoms with E-state index >= 15 is 0 Å². The van der Waals surface area contributed by atoms with Crippen molar-refractivity contribution in [3.63, 3.8) is 0 Å². The fourth-order valence-electron chi connectivity index (χ4n) is 1.93. The van der Waals surface area contributed by atoms with Gasteiger partial charge in [-0.25, -0.2) is 14.4 Å². The van der Waals surface area contributed by atoms with Gasteiger partial charge in [0.25, 0.3) is 0 Å². The van der Waals surface area contributed by atoms with Crippen molar-refractivity contribution in [3.05, 3.63) is 41.5 Å². The average Bonchev–Trinajstić information content (AvgIpc) is 2.42. The van der Waals surface area contributed by atoms with E-state index in [1.54, 1.807) is 26.1 Å². The fraction of sp³-hybridized carbons (Fsp3) is 0.333. The van der Waals surface area contributed by atoms with Gasteiger partial charge in [-0.1, -0.05) is 19.9 Å². The quantitative estimate of drug-likeness (QED) is 0.919. The molecule has 0 atom stereocenters. The Morgan fingerprint density at radius 3 is 2.60 bits per heavy atom. The lowest BCUT2D eigenvalue weighted by Gasteiger charge is -2.15. The van der Waals surface area contributed by atoms with Gasteiger partial charge in [0.2, 0.25) is 5.88 Å². The first-order valence-electron chi connectivity index (χ1n) is 6.49. The van der Waals surface area contributed by atoms with Gasteiger partial charge < -0.3 is 10.1 Å². The van der Waals surface area contributed by atoms with Gasteiger partial charge in [-0.15, -0.1) is 0 Å². The smallest absolute Gasteiger partial charge is 0.227 e. The monoisotopic (exact) mass is 275 g/mol. The molecule has 2 rings (SSSR count). The molecule has 0 saturated heterocycles. The molecule has 0 saturated carbocycles. The molecule has 0 fully saturated rings. The Labute approximate surface area is 118 Å². The van der Waals surface area contributed by atoms with E-state index in [0.29, 0.717) is 17.2 Å². The lowest BCUT2D eigenvalue weighted by molar-refractivity contribution is 0.447. The number of nitrogens with zero attached hydrogens (tertiary/aromatic N) is 2. The van der Waals surface area contributed by atoms with E-state index < -0.39 is 0 Å². The zero-order valence-electron chi connectivity index (χ0n) is 12.1. The zero-order valence-corrected chi connectivity index (χ0v) is 12.1. The SMILES string of the molecule is CNc1ncnc(Oc2ccc(C)c(F)c2)c1C(C)C. The van der Waals surface area contributed by atoms with Crippen molar-refractivity contribution in [2.75, 3.05) is 12.4 Å². The van der Waals surface area contributed by atoms with Crippen LogP contribution < -0.4 is 10.1 Å². The van der Waals surface area contributed by atoms with Crippen molar-refractivity contribution in [1.82, 2.24) is 9.97 Å². The Kier molecular flexibility index (Phi) is 4.17. The summed E-state index contributed by atoms with van der Waals surface area (Å²) in [5, 5.41) is 3.02. The number of anilines is 1. The number of aryl methyl sites for hydroxylation is 1. The highest BCUT2D eigenvalue weighted by Crippen LogP contribution is 2.33. The molecule has 0 aliphatic rings. The van der Waals surface area contributed by atoms with Crippen molar-refractivity contribution < 1.29 is 9.13 Å². The molecule has 1 heterocycles. The van der Waals surface area contributed by atoms with Gasteiger partial charge in [0.1, 0.15) is 23.7 Å². The lowest BCUT2D eigenvalue weighted by atomic mass is 10.1. The summed E-state index contributed by atoms with van der Waals surface area (Å²) in [5.41, 5.74) is 1.45. The number of nitrogens with one attached hydrogen (secondary N) is 1. The third-order valence-electron chi connectivity index (χ3n) is 3.02. The number of ether oxygens (including phenoxy) is 1. The Morgan fingerprint density at radius 2 is 2.00 bits per heavy atom. The maximum atomic E-state index is 13.6. The molecule has 1 N–H and O–H groups in total. The first-order chi connectivity index (χ1) is 9.52. The predicted molar refractivity (Wildman–Crippen MR) is 76.9 cm³/mol. The molecule has 20 heavy (non-hydrogen) atoms. The Balaban J connectivity index is 2.40. The molecule has 0 unspecified atom stereocenters. The molecule has 0 aliphatic heterocycles. The van der Waals surface area contributed by atoms with Crippen LogP contribution in [0, 0.1) is 12.7 Å². The molecule has 0 radical (unpaired) electrons. The molecular weight excluding hydrogens is 257 g/mol. The minimum atomic E-state index is -0.295. The third-order valence-corrected chi connectivity index (χ3v) is 3.02. The molecule has 5 heteroatoms. The summed E-state index contributed by atoms with van der Waals surface area (Å²) >= 11 is 0. The Morgan fingerprint density at radius 1 is 1.25 bits per heavy atom. The van der Waals surface area contributed by atoms with Gasteiger partial charge in [0.15, 0.2) is 0 Å². The van der Waals surface area contributed by atoms with Crippen molar-refractivity contribution in [2.45, 2.75) is 26.7 Å². The Bertz CT molecular complexity index is 614. The molecule has 0 spiro atoms. The number of hydrogen-bond donors (Lipinski definition) is 1. The molecule has 0 bridgehead atoms. The highest BCUT2D eigenvalue weighted by atomic mass is 19.1. The standard InChI is InChI=1S/C15H18FN3O/c1-9(2)13-14(17-4)18-8-19-15(13)20-11-6-5-10(3)12(16)7-11/h5-9H,1-4H3,(H,17,18,19). The van der Waals surface area contributed by atoms with E-state index in [2.05, 4.69) is 15.3 Å². The van der Waals surface area contributed by atoms with Gasteiger partial charge in [-0.3, -0.25) is 0 Å². The second kappa shape index (κ2) is 5.86. The largest absolute Gasteiger partial charge is 0.438 e. The molecular formula is C15H18FN3O. The first kappa shape index (κ1) is 14.2. The predicted octanol–water partition coefficient (Wildman–Crippen LogP) is 3.88. The minimum Gasteiger partial charge on any atom is -0.438 e. The average molecular weight is 275 g/mol. The van der Waals surface area contributed by atoms with Crippen molar-refractivity contribution >= 4 is 5.82 Å². The molecule has 0 aliphatic carbocycles. The summed E-state index contributed by atoms with van der Waals surface area (Å²) in [4.78, 5) is 8.34. The molecule has 1 aromatic carbocycles. The summed E-state index contributed by atoms with van der Waals surface area (Å²) < 4.78 is 19.3. The van der Waals surface area contributed by atoms with E-state index in [-0.39, 0.29) is 11.7 Å². The Hall–Kier alpha value is -2.17. The van der Waals surface area contributed by atoms with Crippen LogP contribution in [-0.4, -0.2) is 17.0 Å². The number of benzene rings is 1.